The number of benzene rings is 2. The summed E-state index contributed by atoms with van der Waals surface area (Å²) in [6, 6.07) is 11.6. The molecule has 0 N–H and O–H groups in total. The molecule has 0 atom stereocenters. The van der Waals surface area contributed by atoms with Gasteiger partial charge in [0.2, 0.25) is 0 Å². The lowest BCUT2D eigenvalue weighted by Crippen LogP contribution is -2.10. The fourth-order valence-electron chi connectivity index (χ4n) is 4.23. The molecule has 6 nitrogen and oxygen atoms in total. The van der Waals surface area contributed by atoms with Gasteiger partial charge in [0.15, 0.2) is 5.65 Å². The summed E-state index contributed by atoms with van der Waals surface area (Å²) in [6.07, 6.45) is 5.41. The smallest absolute Gasteiger partial charge is 0.171 e. The maximum atomic E-state index is 14.5. The summed E-state index contributed by atoms with van der Waals surface area (Å²) >= 11 is 0. The van der Waals surface area contributed by atoms with Crippen LogP contribution in [-0.4, -0.2) is 45.2 Å². The Morgan fingerprint density at radius 2 is 1.94 bits per heavy atom. The van der Waals surface area contributed by atoms with Crippen LogP contribution in [-0.2, 0) is 25.8 Å². The minimum Gasteiger partial charge on any atom is -0.493 e. The Morgan fingerprint density at radius 3 is 2.74 bits per heavy atom. The molecule has 0 fully saturated rings. The number of ether oxygens (including phenoxy) is 1. The SMILES string of the molecule is CN(C)Cc1ccc(-c2cnc(CCc3c(F)ccc4c3CCO4)n3cnnc23)cc1. The molecular weight excluding hydrogens is 393 g/mol. The summed E-state index contributed by atoms with van der Waals surface area (Å²) in [5.41, 5.74) is 5.68. The van der Waals surface area contributed by atoms with Crippen molar-refractivity contribution in [1.29, 1.82) is 0 Å². The van der Waals surface area contributed by atoms with Gasteiger partial charge in [0.1, 0.15) is 23.7 Å². The van der Waals surface area contributed by atoms with Crippen molar-refractivity contribution in [1.82, 2.24) is 24.5 Å². The Kier molecular flexibility index (Phi) is 5.11. The van der Waals surface area contributed by atoms with E-state index in [1.807, 2.05) is 10.6 Å². The van der Waals surface area contributed by atoms with E-state index in [0.717, 1.165) is 52.4 Å². The number of aryl methyl sites for hydroxylation is 1. The first-order valence-electron chi connectivity index (χ1n) is 10.4. The van der Waals surface area contributed by atoms with E-state index in [0.29, 0.717) is 19.4 Å². The molecule has 4 aromatic rings. The third kappa shape index (κ3) is 3.77. The molecule has 0 saturated carbocycles. The van der Waals surface area contributed by atoms with E-state index in [4.69, 9.17) is 4.74 Å². The molecule has 31 heavy (non-hydrogen) atoms. The van der Waals surface area contributed by atoms with E-state index in [1.54, 1.807) is 12.4 Å². The molecule has 0 aliphatic carbocycles. The summed E-state index contributed by atoms with van der Waals surface area (Å²) in [4.78, 5) is 6.82. The predicted molar refractivity (Wildman–Crippen MR) is 117 cm³/mol. The van der Waals surface area contributed by atoms with Gasteiger partial charge in [-0.15, -0.1) is 10.2 Å². The third-order valence-corrected chi connectivity index (χ3v) is 5.71. The van der Waals surface area contributed by atoms with E-state index in [9.17, 15) is 4.39 Å². The van der Waals surface area contributed by atoms with Gasteiger partial charge in [-0.2, -0.15) is 0 Å². The molecule has 158 valence electrons. The third-order valence-electron chi connectivity index (χ3n) is 5.71. The summed E-state index contributed by atoms with van der Waals surface area (Å²) in [5, 5.41) is 8.44. The van der Waals surface area contributed by atoms with Crippen molar-refractivity contribution >= 4 is 5.65 Å². The summed E-state index contributed by atoms with van der Waals surface area (Å²) in [5.74, 6) is 1.43. The zero-order valence-electron chi connectivity index (χ0n) is 17.7. The Hall–Kier alpha value is -3.32. The molecule has 0 bridgehead atoms. The van der Waals surface area contributed by atoms with Crippen molar-refractivity contribution in [2.24, 2.45) is 0 Å². The van der Waals surface area contributed by atoms with Crippen LogP contribution in [0.5, 0.6) is 5.75 Å². The van der Waals surface area contributed by atoms with E-state index in [1.165, 1.54) is 11.6 Å². The Bertz CT molecular complexity index is 1230. The van der Waals surface area contributed by atoms with Gasteiger partial charge in [-0.25, -0.2) is 9.37 Å². The number of hydrogen-bond donors (Lipinski definition) is 0. The standard InChI is InChI=1S/C24H24FN5O/c1-29(2)14-16-3-5-17(6-4-16)20-13-26-23(30-15-27-28-24(20)30)10-7-18-19-11-12-31-22(19)9-8-21(18)25/h3-6,8-9,13,15H,7,10-12,14H2,1-2H3. The highest BCUT2D eigenvalue weighted by atomic mass is 19.1. The lowest BCUT2D eigenvalue weighted by atomic mass is 10.00. The highest BCUT2D eigenvalue weighted by Crippen LogP contribution is 2.31. The number of hydrogen-bond acceptors (Lipinski definition) is 5. The molecule has 5 rings (SSSR count). The molecule has 2 aromatic heterocycles. The van der Waals surface area contributed by atoms with Crippen LogP contribution in [0.1, 0.15) is 22.5 Å². The summed E-state index contributed by atoms with van der Waals surface area (Å²) in [6.45, 7) is 1.50. The second-order valence-corrected chi connectivity index (χ2v) is 8.15. The second-order valence-electron chi connectivity index (χ2n) is 8.15. The fourth-order valence-corrected chi connectivity index (χ4v) is 4.23. The quantitative estimate of drug-likeness (QED) is 0.479. The minimum atomic E-state index is -0.182. The highest BCUT2D eigenvalue weighted by molar-refractivity contribution is 5.76. The van der Waals surface area contributed by atoms with Gasteiger partial charge in [-0.1, -0.05) is 24.3 Å². The van der Waals surface area contributed by atoms with Gasteiger partial charge in [0.05, 0.1) is 6.61 Å². The van der Waals surface area contributed by atoms with Crippen LogP contribution in [0.4, 0.5) is 4.39 Å². The first kappa shape index (κ1) is 19.6. The van der Waals surface area contributed by atoms with Crippen molar-refractivity contribution in [3.63, 3.8) is 0 Å². The molecule has 0 saturated heterocycles. The van der Waals surface area contributed by atoms with Crippen molar-refractivity contribution in [3.05, 3.63) is 77.3 Å². The molecule has 3 heterocycles. The predicted octanol–water partition coefficient (Wildman–Crippen LogP) is 3.71. The van der Waals surface area contributed by atoms with Gasteiger partial charge in [0, 0.05) is 36.7 Å². The normalized spacial score (nSPS) is 13.0. The van der Waals surface area contributed by atoms with Gasteiger partial charge in [-0.05, 0) is 49.3 Å². The van der Waals surface area contributed by atoms with Gasteiger partial charge < -0.3 is 9.64 Å². The molecular formula is C24H24FN5O. The van der Waals surface area contributed by atoms with Gasteiger partial charge in [-0.3, -0.25) is 4.40 Å². The van der Waals surface area contributed by atoms with Crippen molar-refractivity contribution < 1.29 is 9.13 Å². The maximum absolute atomic E-state index is 14.5. The molecule has 2 aromatic carbocycles. The molecule has 1 aliphatic heterocycles. The van der Waals surface area contributed by atoms with Crippen LogP contribution >= 0.6 is 0 Å². The first-order valence-corrected chi connectivity index (χ1v) is 10.4. The largest absolute Gasteiger partial charge is 0.493 e. The Morgan fingerprint density at radius 1 is 1.10 bits per heavy atom. The molecule has 1 aliphatic rings. The Balaban J connectivity index is 1.43. The van der Waals surface area contributed by atoms with E-state index >= 15 is 0 Å². The van der Waals surface area contributed by atoms with E-state index < -0.39 is 0 Å². The lowest BCUT2D eigenvalue weighted by Gasteiger charge is -2.12. The minimum absolute atomic E-state index is 0.182. The van der Waals surface area contributed by atoms with Crippen LogP contribution in [0.25, 0.3) is 16.8 Å². The number of halogens is 1. The fraction of sp³-hybridized carbons (Fsp3) is 0.292. The molecule has 0 unspecified atom stereocenters. The number of nitrogens with zero attached hydrogens (tertiary/aromatic N) is 5. The second kappa shape index (κ2) is 8.07. The van der Waals surface area contributed by atoms with Gasteiger partial charge in [0.25, 0.3) is 0 Å². The highest BCUT2D eigenvalue weighted by Gasteiger charge is 2.20. The first-order chi connectivity index (χ1) is 15.1. The monoisotopic (exact) mass is 417 g/mol. The zero-order valence-corrected chi connectivity index (χ0v) is 17.7. The molecule has 7 heteroatoms. The van der Waals surface area contributed by atoms with Gasteiger partial charge >= 0.3 is 0 Å². The molecule has 0 amide bonds. The average Bonchev–Trinajstić information content (AvgIpc) is 3.43. The van der Waals surface area contributed by atoms with Crippen LogP contribution < -0.4 is 4.74 Å². The van der Waals surface area contributed by atoms with Crippen LogP contribution in [0.2, 0.25) is 0 Å². The van der Waals surface area contributed by atoms with Crippen LogP contribution in [0, 0.1) is 5.82 Å². The summed E-state index contributed by atoms with van der Waals surface area (Å²) in [7, 11) is 4.11. The average molecular weight is 417 g/mol. The van der Waals surface area contributed by atoms with Crippen molar-refractivity contribution in [2.45, 2.75) is 25.8 Å². The molecule has 0 radical (unpaired) electrons. The van der Waals surface area contributed by atoms with Crippen LogP contribution in [0.15, 0.2) is 48.9 Å². The summed E-state index contributed by atoms with van der Waals surface area (Å²) < 4.78 is 22.0. The zero-order chi connectivity index (χ0) is 21.4. The molecule has 0 spiro atoms. The number of fused-ring (bicyclic) bond motifs is 2. The van der Waals surface area contributed by atoms with E-state index in [2.05, 4.69) is 58.4 Å². The Labute approximate surface area is 180 Å². The maximum Gasteiger partial charge on any atom is 0.171 e. The lowest BCUT2D eigenvalue weighted by molar-refractivity contribution is 0.356. The number of aromatic nitrogens is 4. The topological polar surface area (TPSA) is 55.6 Å². The van der Waals surface area contributed by atoms with Crippen LogP contribution in [0.3, 0.4) is 0 Å². The van der Waals surface area contributed by atoms with Crippen molar-refractivity contribution in [2.75, 3.05) is 20.7 Å². The number of rotatable bonds is 6. The van der Waals surface area contributed by atoms with E-state index in [-0.39, 0.29) is 5.82 Å². The van der Waals surface area contributed by atoms with Crippen molar-refractivity contribution in [3.8, 4) is 16.9 Å².